The van der Waals surface area contributed by atoms with Gasteiger partial charge >= 0.3 is 0 Å². The molecule has 2 heterocycles. The van der Waals surface area contributed by atoms with Gasteiger partial charge in [0.05, 0.1) is 11.6 Å². The van der Waals surface area contributed by atoms with Gasteiger partial charge in [0.15, 0.2) is 0 Å². The Labute approximate surface area is 231 Å². The third-order valence-electron chi connectivity index (χ3n) is 7.26. The topological polar surface area (TPSA) is 36.7 Å². The van der Waals surface area contributed by atoms with Crippen molar-refractivity contribution in [3.63, 3.8) is 0 Å². The van der Waals surface area contributed by atoms with Gasteiger partial charge in [-0.1, -0.05) is 103 Å². The Kier molecular flexibility index (Phi) is 5.74. The molecule has 0 aliphatic rings. The van der Waals surface area contributed by atoms with Gasteiger partial charge in [-0.3, -0.25) is 4.98 Å². The molecule has 0 aliphatic carbocycles. The molecular weight excluding hydrogens is 492 g/mol. The molecule has 0 unspecified atom stereocenters. The summed E-state index contributed by atoms with van der Waals surface area (Å²) in [5.74, 6) is 0. The van der Waals surface area contributed by atoms with Crippen LogP contribution < -0.4 is 0 Å². The summed E-state index contributed by atoms with van der Waals surface area (Å²) < 4.78 is 2.58. The molecule has 0 amide bonds. The number of fused-ring (bicyclic) bond motifs is 3. The summed E-state index contributed by atoms with van der Waals surface area (Å²) in [4.78, 5) is 4.26. The molecule has 0 bridgehead atoms. The summed E-state index contributed by atoms with van der Waals surface area (Å²) in [5.41, 5.74) is 10.1. The van der Waals surface area contributed by atoms with E-state index in [1.165, 1.54) is 42.4 Å². The molecule has 39 heavy (non-hydrogen) atoms. The fourth-order valence-corrected chi connectivity index (χ4v) is 6.69. The van der Waals surface area contributed by atoms with E-state index >= 15 is 0 Å². The van der Waals surface area contributed by atoms with E-state index in [1.54, 1.807) is 6.20 Å². The van der Waals surface area contributed by atoms with Gasteiger partial charge in [-0.25, -0.2) is 0 Å². The van der Waals surface area contributed by atoms with Gasteiger partial charge in [0.1, 0.15) is 0 Å². The molecule has 0 saturated carbocycles. The van der Waals surface area contributed by atoms with E-state index in [2.05, 4.69) is 102 Å². The largest absolute Gasteiger partial charge is 0.264 e. The maximum absolute atomic E-state index is 9.24. The number of aromatic nitrogens is 1. The summed E-state index contributed by atoms with van der Waals surface area (Å²) in [6, 6.07) is 44.7. The zero-order valence-electron chi connectivity index (χ0n) is 21.0. The number of benzene rings is 5. The molecule has 2 nitrogen and oxygen atoms in total. The highest BCUT2D eigenvalue weighted by molar-refractivity contribution is 7.26. The molecule has 0 N–H and O–H groups in total. The molecule has 0 spiro atoms. The van der Waals surface area contributed by atoms with Crippen LogP contribution in [0.5, 0.6) is 0 Å². The van der Waals surface area contributed by atoms with Crippen molar-refractivity contribution in [3.8, 4) is 50.6 Å². The quantitative estimate of drug-likeness (QED) is 0.234. The van der Waals surface area contributed by atoms with Gasteiger partial charge in [0, 0.05) is 38.1 Å². The molecule has 3 heteroatoms. The van der Waals surface area contributed by atoms with Crippen molar-refractivity contribution in [3.05, 3.63) is 139 Å². The lowest BCUT2D eigenvalue weighted by molar-refractivity contribution is 1.33. The van der Waals surface area contributed by atoms with Crippen LogP contribution in [0, 0.1) is 11.3 Å². The maximum atomic E-state index is 9.24. The van der Waals surface area contributed by atoms with E-state index in [0.29, 0.717) is 5.56 Å². The number of nitriles is 1. The van der Waals surface area contributed by atoms with Crippen molar-refractivity contribution in [2.75, 3.05) is 0 Å². The average molecular weight is 515 g/mol. The zero-order chi connectivity index (χ0) is 26.2. The van der Waals surface area contributed by atoms with Crippen LogP contribution in [-0.2, 0) is 0 Å². The standard InChI is InChI=1S/C36H22N2S/c37-22-24-13-15-26(16-14-24)29-7-1-2-8-31(29)32-10-4-12-34-33-11-3-9-30(35(33)39-36(32)34)27-19-17-25(18-20-27)28-6-5-21-38-23-28/h1-21,23H. The maximum Gasteiger partial charge on any atom is 0.0991 e. The lowest BCUT2D eigenvalue weighted by Gasteiger charge is -2.11. The Balaban J connectivity index is 1.38. The highest BCUT2D eigenvalue weighted by Gasteiger charge is 2.16. The monoisotopic (exact) mass is 514 g/mol. The molecule has 5 aromatic carbocycles. The number of hydrogen-bond donors (Lipinski definition) is 0. The van der Waals surface area contributed by atoms with Crippen LogP contribution >= 0.6 is 11.3 Å². The summed E-state index contributed by atoms with van der Waals surface area (Å²) in [5, 5.41) is 11.8. The molecule has 0 aliphatic heterocycles. The van der Waals surface area contributed by atoms with Crippen molar-refractivity contribution in [1.82, 2.24) is 4.98 Å². The molecule has 0 atom stereocenters. The zero-order valence-corrected chi connectivity index (χ0v) is 21.8. The number of hydrogen-bond acceptors (Lipinski definition) is 3. The van der Waals surface area contributed by atoms with Crippen LogP contribution in [0.4, 0.5) is 0 Å². The SMILES string of the molecule is N#Cc1ccc(-c2ccccc2-c2cccc3c2sc2c(-c4ccc(-c5cccnc5)cc4)cccc23)cc1. The first-order valence-electron chi connectivity index (χ1n) is 12.9. The molecule has 7 aromatic rings. The highest BCUT2D eigenvalue weighted by atomic mass is 32.1. The third kappa shape index (κ3) is 4.08. The normalized spacial score (nSPS) is 11.1. The molecular formula is C36H22N2S. The molecule has 7 rings (SSSR count). The van der Waals surface area contributed by atoms with Gasteiger partial charge < -0.3 is 0 Å². The minimum Gasteiger partial charge on any atom is -0.264 e. The minimum atomic E-state index is 0.670. The van der Waals surface area contributed by atoms with Gasteiger partial charge in [-0.2, -0.15) is 5.26 Å². The fraction of sp³-hybridized carbons (Fsp3) is 0. The van der Waals surface area contributed by atoms with Crippen molar-refractivity contribution in [1.29, 1.82) is 5.26 Å². The van der Waals surface area contributed by atoms with Crippen molar-refractivity contribution >= 4 is 31.5 Å². The van der Waals surface area contributed by atoms with E-state index in [9.17, 15) is 5.26 Å². The number of nitrogens with zero attached hydrogens (tertiary/aromatic N) is 2. The van der Waals surface area contributed by atoms with Crippen molar-refractivity contribution < 1.29 is 0 Å². The van der Waals surface area contributed by atoms with Gasteiger partial charge in [-0.15, -0.1) is 11.3 Å². The van der Waals surface area contributed by atoms with Crippen molar-refractivity contribution in [2.24, 2.45) is 0 Å². The molecule has 0 radical (unpaired) electrons. The second-order valence-electron chi connectivity index (χ2n) is 9.52. The Hall–Kier alpha value is -5.04. The summed E-state index contributed by atoms with van der Waals surface area (Å²) in [6.45, 7) is 0. The Morgan fingerprint density at radius 3 is 1.77 bits per heavy atom. The minimum absolute atomic E-state index is 0.670. The van der Waals surface area contributed by atoms with Gasteiger partial charge in [0.2, 0.25) is 0 Å². The Morgan fingerprint density at radius 2 is 1.08 bits per heavy atom. The second kappa shape index (κ2) is 9.68. The first kappa shape index (κ1) is 23.1. The average Bonchev–Trinajstić information content (AvgIpc) is 3.41. The second-order valence-corrected chi connectivity index (χ2v) is 10.5. The predicted molar refractivity (Wildman–Crippen MR) is 164 cm³/mol. The summed E-state index contributed by atoms with van der Waals surface area (Å²) >= 11 is 1.86. The number of pyridine rings is 1. The van der Waals surface area contributed by atoms with Crippen LogP contribution in [0.3, 0.4) is 0 Å². The molecule has 182 valence electrons. The third-order valence-corrected chi connectivity index (χ3v) is 8.55. The molecule has 2 aromatic heterocycles. The van der Waals surface area contributed by atoms with Gasteiger partial charge in [-0.05, 0) is 57.1 Å². The van der Waals surface area contributed by atoms with Crippen LogP contribution in [0.15, 0.2) is 134 Å². The first-order chi connectivity index (χ1) is 19.3. The van der Waals surface area contributed by atoms with E-state index in [1.807, 2.05) is 47.9 Å². The fourth-order valence-electron chi connectivity index (χ4n) is 5.33. The lowest BCUT2D eigenvalue weighted by atomic mass is 9.93. The van der Waals surface area contributed by atoms with Crippen LogP contribution in [-0.4, -0.2) is 4.98 Å². The highest BCUT2D eigenvalue weighted by Crippen LogP contribution is 2.45. The van der Waals surface area contributed by atoms with E-state index in [0.717, 1.165) is 22.3 Å². The summed E-state index contributed by atoms with van der Waals surface area (Å²) in [7, 11) is 0. The van der Waals surface area contributed by atoms with E-state index in [-0.39, 0.29) is 0 Å². The Bertz CT molecular complexity index is 2000. The smallest absolute Gasteiger partial charge is 0.0991 e. The van der Waals surface area contributed by atoms with Crippen molar-refractivity contribution in [2.45, 2.75) is 0 Å². The number of rotatable bonds is 4. The first-order valence-corrected chi connectivity index (χ1v) is 13.7. The van der Waals surface area contributed by atoms with E-state index in [4.69, 9.17) is 0 Å². The Morgan fingerprint density at radius 1 is 0.487 bits per heavy atom. The lowest BCUT2D eigenvalue weighted by Crippen LogP contribution is -1.86. The van der Waals surface area contributed by atoms with Crippen LogP contribution in [0.2, 0.25) is 0 Å². The molecule has 0 fully saturated rings. The van der Waals surface area contributed by atoms with Crippen LogP contribution in [0.25, 0.3) is 64.7 Å². The van der Waals surface area contributed by atoms with E-state index < -0.39 is 0 Å². The van der Waals surface area contributed by atoms with Crippen LogP contribution in [0.1, 0.15) is 5.56 Å². The number of thiophene rings is 1. The summed E-state index contributed by atoms with van der Waals surface area (Å²) in [6.07, 6.45) is 3.70. The predicted octanol–water partition coefficient (Wildman–Crippen LogP) is 9.99. The molecule has 0 saturated heterocycles. The van der Waals surface area contributed by atoms with Gasteiger partial charge in [0.25, 0.3) is 0 Å².